The van der Waals surface area contributed by atoms with Gasteiger partial charge in [0.2, 0.25) is 0 Å². The number of amides is 2. The lowest BCUT2D eigenvalue weighted by Gasteiger charge is -2.33. The molecule has 6 nitrogen and oxygen atoms in total. The minimum Gasteiger partial charge on any atom is -0.467 e. The van der Waals surface area contributed by atoms with Crippen LogP contribution in [0.5, 0.6) is 5.75 Å². The number of nitrogens with one attached hydrogen (secondary N) is 2. The Kier molecular flexibility index (Phi) is 3.36. The van der Waals surface area contributed by atoms with Crippen LogP contribution in [0.25, 0.3) is 0 Å². The van der Waals surface area contributed by atoms with Crippen molar-refractivity contribution in [3.63, 3.8) is 0 Å². The van der Waals surface area contributed by atoms with Gasteiger partial charge < -0.3 is 19.8 Å². The highest BCUT2D eigenvalue weighted by Gasteiger charge is 2.47. The molecule has 0 radical (unpaired) electrons. The molecule has 22 heavy (non-hydrogen) atoms. The van der Waals surface area contributed by atoms with Gasteiger partial charge in [0.15, 0.2) is 0 Å². The van der Waals surface area contributed by atoms with E-state index >= 15 is 0 Å². The molecule has 0 unspecified atom stereocenters. The molecule has 1 aliphatic rings. The zero-order valence-corrected chi connectivity index (χ0v) is 12.3. The Morgan fingerprint density at radius 2 is 2.18 bits per heavy atom. The van der Waals surface area contributed by atoms with Crippen LogP contribution in [0.2, 0.25) is 0 Å². The van der Waals surface area contributed by atoms with Gasteiger partial charge in [-0.2, -0.15) is 0 Å². The number of carbonyl (C=O) groups is 2. The molecule has 0 fully saturated rings. The van der Waals surface area contributed by atoms with Crippen molar-refractivity contribution in [1.29, 1.82) is 0 Å². The van der Waals surface area contributed by atoms with Gasteiger partial charge in [-0.3, -0.25) is 9.59 Å². The van der Waals surface area contributed by atoms with E-state index in [9.17, 15) is 9.59 Å². The Balaban J connectivity index is 1.78. The first-order valence-corrected chi connectivity index (χ1v) is 6.91. The van der Waals surface area contributed by atoms with Gasteiger partial charge >= 0.3 is 0 Å². The summed E-state index contributed by atoms with van der Waals surface area (Å²) in [5, 5.41) is 5.37. The molecule has 1 aromatic carbocycles. The molecule has 2 heterocycles. The molecule has 0 saturated heterocycles. The Morgan fingerprint density at radius 3 is 2.91 bits per heavy atom. The third-order valence-corrected chi connectivity index (χ3v) is 3.57. The van der Waals surface area contributed by atoms with E-state index in [1.54, 1.807) is 24.3 Å². The maximum absolute atomic E-state index is 12.4. The fraction of sp³-hybridized carbons (Fsp3) is 0.250. The summed E-state index contributed by atoms with van der Waals surface area (Å²) < 4.78 is 10.8. The number of hydrogen-bond acceptors (Lipinski definition) is 4. The largest absolute Gasteiger partial charge is 0.467 e. The fourth-order valence-corrected chi connectivity index (χ4v) is 2.24. The van der Waals surface area contributed by atoms with Crippen LogP contribution in [0.4, 0.5) is 5.69 Å². The molecular formula is C16H16N2O4. The highest BCUT2D eigenvalue weighted by Crippen LogP contribution is 2.34. The SMILES string of the molecule is Cc1ccc2c(c1)NC(=O)[C@@](C)(C(=O)NCc1ccco1)O2. The maximum atomic E-state index is 12.4. The van der Waals surface area contributed by atoms with E-state index in [1.807, 2.05) is 13.0 Å². The molecule has 0 saturated carbocycles. The number of anilines is 1. The zero-order valence-electron chi connectivity index (χ0n) is 12.3. The normalized spacial score (nSPS) is 19.8. The Labute approximate surface area is 127 Å². The maximum Gasteiger partial charge on any atom is 0.278 e. The molecule has 114 valence electrons. The molecule has 6 heteroatoms. The molecule has 1 aromatic heterocycles. The molecule has 2 N–H and O–H groups in total. The van der Waals surface area contributed by atoms with Crippen LogP contribution >= 0.6 is 0 Å². The second kappa shape index (κ2) is 5.22. The molecule has 2 aromatic rings. The Morgan fingerprint density at radius 1 is 1.36 bits per heavy atom. The van der Waals surface area contributed by atoms with E-state index in [-0.39, 0.29) is 6.54 Å². The molecule has 1 aliphatic heterocycles. The monoisotopic (exact) mass is 300 g/mol. The molecule has 2 amide bonds. The molecule has 1 atom stereocenters. The van der Waals surface area contributed by atoms with Crippen molar-refractivity contribution < 1.29 is 18.7 Å². The van der Waals surface area contributed by atoms with Crippen molar-refractivity contribution in [3.05, 3.63) is 47.9 Å². The number of furan rings is 1. The van der Waals surface area contributed by atoms with Gasteiger partial charge in [-0.1, -0.05) is 6.07 Å². The Hall–Kier alpha value is -2.76. The third-order valence-electron chi connectivity index (χ3n) is 3.57. The lowest BCUT2D eigenvalue weighted by Crippen LogP contribution is -2.58. The van der Waals surface area contributed by atoms with Crippen molar-refractivity contribution in [3.8, 4) is 5.75 Å². The van der Waals surface area contributed by atoms with E-state index in [2.05, 4.69) is 10.6 Å². The average molecular weight is 300 g/mol. The highest BCUT2D eigenvalue weighted by molar-refractivity contribution is 6.15. The number of carbonyl (C=O) groups excluding carboxylic acids is 2. The summed E-state index contributed by atoms with van der Waals surface area (Å²) in [5.74, 6) is 0.0558. The first kappa shape index (κ1) is 14.2. The summed E-state index contributed by atoms with van der Waals surface area (Å²) in [7, 11) is 0. The molecule has 3 rings (SSSR count). The van der Waals surface area contributed by atoms with Crippen LogP contribution in [0, 0.1) is 6.92 Å². The van der Waals surface area contributed by atoms with Crippen LogP contribution in [0.3, 0.4) is 0 Å². The number of hydrogen-bond donors (Lipinski definition) is 2. The van der Waals surface area contributed by atoms with Crippen molar-refractivity contribution in [2.24, 2.45) is 0 Å². The smallest absolute Gasteiger partial charge is 0.278 e. The topological polar surface area (TPSA) is 80.6 Å². The molecule has 0 aliphatic carbocycles. The second-order valence-electron chi connectivity index (χ2n) is 5.35. The van der Waals surface area contributed by atoms with Gasteiger partial charge in [-0.25, -0.2) is 0 Å². The van der Waals surface area contributed by atoms with Crippen LogP contribution in [-0.4, -0.2) is 17.4 Å². The molecular weight excluding hydrogens is 284 g/mol. The molecule has 0 bridgehead atoms. The average Bonchev–Trinajstić information content (AvgIpc) is 2.99. The van der Waals surface area contributed by atoms with E-state index in [1.165, 1.54) is 13.2 Å². The predicted octanol–water partition coefficient (Wildman–Crippen LogP) is 1.99. The van der Waals surface area contributed by atoms with Crippen LogP contribution in [0.15, 0.2) is 41.0 Å². The summed E-state index contributed by atoms with van der Waals surface area (Å²) in [5.41, 5.74) is -0.0516. The number of rotatable bonds is 3. The predicted molar refractivity (Wildman–Crippen MR) is 79.4 cm³/mol. The zero-order chi connectivity index (χ0) is 15.7. The minimum atomic E-state index is -1.62. The Bertz CT molecular complexity index is 724. The van der Waals surface area contributed by atoms with E-state index in [4.69, 9.17) is 9.15 Å². The van der Waals surface area contributed by atoms with Gasteiger partial charge in [0.1, 0.15) is 11.5 Å². The van der Waals surface area contributed by atoms with Crippen molar-refractivity contribution >= 4 is 17.5 Å². The van der Waals surface area contributed by atoms with E-state index < -0.39 is 17.4 Å². The van der Waals surface area contributed by atoms with Crippen molar-refractivity contribution in [2.45, 2.75) is 26.0 Å². The lowest BCUT2D eigenvalue weighted by atomic mass is 10.0. The summed E-state index contributed by atoms with van der Waals surface area (Å²) in [6, 6.07) is 8.86. The lowest BCUT2D eigenvalue weighted by molar-refractivity contribution is -0.146. The third kappa shape index (κ3) is 2.43. The van der Waals surface area contributed by atoms with Crippen molar-refractivity contribution in [2.75, 3.05) is 5.32 Å². The quantitative estimate of drug-likeness (QED) is 0.850. The summed E-state index contributed by atoms with van der Waals surface area (Å²) >= 11 is 0. The fourth-order valence-electron chi connectivity index (χ4n) is 2.24. The standard InChI is InChI=1S/C16H16N2O4/c1-10-5-6-13-12(8-10)18-15(20)16(2,22-13)14(19)17-9-11-4-3-7-21-11/h3-8H,9H2,1-2H3,(H,17,19)(H,18,20)/t16-/m1/s1. The first-order valence-electron chi connectivity index (χ1n) is 6.91. The van der Waals surface area contributed by atoms with Crippen molar-refractivity contribution in [1.82, 2.24) is 5.32 Å². The summed E-state index contributed by atoms with van der Waals surface area (Å²) in [6.07, 6.45) is 1.52. The number of benzene rings is 1. The van der Waals surface area contributed by atoms with Gasteiger partial charge in [0.25, 0.3) is 17.4 Å². The summed E-state index contributed by atoms with van der Waals surface area (Å²) in [4.78, 5) is 24.6. The number of ether oxygens (including phenoxy) is 1. The highest BCUT2D eigenvalue weighted by atomic mass is 16.5. The van der Waals surface area contributed by atoms with Crippen LogP contribution in [-0.2, 0) is 16.1 Å². The first-order chi connectivity index (χ1) is 10.5. The van der Waals surface area contributed by atoms with E-state index in [0.717, 1.165) is 5.56 Å². The van der Waals surface area contributed by atoms with E-state index in [0.29, 0.717) is 17.2 Å². The summed E-state index contributed by atoms with van der Waals surface area (Å²) in [6.45, 7) is 3.55. The molecule has 0 spiro atoms. The second-order valence-corrected chi connectivity index (χ2v) is 5.35. The minimum absolute atomic E-state index is 0.193. The van der Waals surface area contributed by atoms with Crippen LogP contribution in [0.1, 0.15) is 18.2 Å². The van der Waals surface area contributed by atoms with Gasteiger partial charge in [0, 0.05) is 0 Å². The number of aryl methyl sites for hydroxylation is 1. The van der Waals surface area contributed by atoms with Crippen LogP contribution < -0.4 is 15.4 Å². The van der Waals surface area contributed by atoms with Gasteiger partial charge in [0.05, 0.1) is 18.5 Å². The van der Waals surface area contributed by atoms with Gasteiger partial charge in [-0.05, 0) is 43.7 Å². The number of fused-ring (bicyclic) bond motifs is 1. The van der Waals surface area contributed by atoms with Gasteiger partial charge in [-0.15, -0.1) is 0 Å².